The first-order chi connectivity index (χ1) is 11.1. The monoisotopic (exact) mass is 307 g/mol. The molecule has 0 radical (unpaired) electrons. The fraction of sp³-hybridized carbons (Fsp3) is 0.263. The number of hydrogen-bond acceptors (Lipinski definition) is 4. The maximum atomic E-state index is 5.76. The van der Waals surface area contributed by atoms with Gasteiger partial charge in [-0.3, -0.25) is 4.90 Å². The highest BCUT2D eigenvalue weighted by atomic mass is 16.4. The Labute approximate surface area is 136 Å². The second kappa shape index (κ2) is 6.75. The number of rotatable bonds is 5. The molecule has 0 amide bonds. The van der Waals surface area contributed by atoms with Crippen molar-refractivity contribution in [3.8, 4) is 11.5 Å². The van der Waals surface area contributed by atoms with Gasteiger partial charge in [0.15, 0.2) is 0 Å². The number of nitrogens with zero attached hydrogens (tertiary/aromatic N) is 3. The minimum atomic E-state index is 0.570. The van der Waals surface area contributed by atoms with Crippen LogP contribution in [0.5, 0.6) is 0 Å². The summed E-state index contributed by atoms with van der Waals surface area (Å²) in [6.07, 6.45) is 0. The van der Waals surface area contributed by atoms with E-state index in [0.717, 1.165) is 12.1 Å². The van der Waals surface area contributed by atoms with E-state index in [1.165, 1.54) is 16.7 Å². The first kappa shape index (κ1) is 15.4. The van der Waals surface area contributed by atoms with Crippen LogP contribution in [0.15, 0.2) is 52.9 Å². The van der Waals surface area contributed by atoms with E-state index in [1.807, 2.05) is 30.3 Å². The van der Waals surface area contributed by atoms with Gasteiger partial charge in [0, 0.05) is 12.1 Å². The van der Waals surface area contributed by atoms with Crippen LogP contribution in [0.2, 0.25) is 0 Å². The molecule has 0 saturated carbocycles. The van der Waals surface area contributed by atoms with Gasteiger partial charge >= 0.3 is 0 Å². The summed E-state index contributed by atoms with van der Waals surface area (Å²) >= 11 is 0. The van der Waals surface area contributed by atoms with Crippen molar-refractivity contribution in [1.29, 1.82) is 0 Å². The third kappa shape index (κ3) is 3.85. The van der Waals surface area contributed by atoms with Crippen LogP contribution in [0.1, 0.15) is 22.6 Å². The highest BCUT2D eigenvalue weighted by Crippen LogP contribution is 2.18. The molecule has 0 aliphatic rings. The predicted octanol–water partition coefficient (Wildman–Crippen LogP) is 3.99. The highest BCUT2D eigenvalue weighted by molar-refractivity contribution is 5.51. The Balaban J connectivity index is 1.66. The van der Waals surface area contributed by atoms with Gasteiger partial charge in [0.05, 0.1) is 6.54 Å². The Hall–Kier alpha value is -2.46. The van der Waals surface area contributed by atoms with E-state index in [-0.39, 0.29) is 0 Å². The largest absolute Gasteiger partial charge is 0.419 e. The second-order valence-corrected chi connectivity index (χ2v) is 5.97. The third-order valence-corrected chi connectivity index (χ3v) is 3.83. The molecule has 0 saturated heterocycles. The standard InChI is InChI=1S/C19H21N3O/c1-14-9-10-17(15(2)11-14)12-22(3)13-18-20-21-19(23-18)16-7-5-4-6-8-16/h4-11H,12-13H2,1-3H3. The Morgan fingerprint density at radius 1 is 0.957 bits per heavy atom. The van der Waals surface area contributed by atoms with Gasteiger partial charge < -0.3 is 4.42 Å². The number of aromatic nitrogens is 2. The van der Waals surface area contributed by atoms with Gasteiger partial charge in [-0.2, -0.15) is 0 Å². The highest BCUT2D eigenvalue weighted by Gasteiger charge is 2.11. The van der Waals surface area contributed by atoms with E-state index in [0.29, 0.717) is 18.3 Å². The molecule has 0 bridgehead atoms. The van der Waals surface area contributed by atoms with E-state index in [4.69, 9.17) is 4.42 Å². The Morgan fingerprint density at radius 2 is 1.74 bits per heavy atom. The number of aryl methyl sites for hydroxylation is 2. The van der Waals surface area contributed by atoms with Crippen molar-refractivity contribution in [3.05, 3.63) is 71.1 Å². The zero-order valence-electron chi connectivity index (χ0n) is 13.8. The summed E-state index contributed by atoms with van der Waals surface area (Å²) in [6.45, 7) is 5.75. The van der Waals surface area contributed by atoms with Crippen molar-refractivity contribution in [3.63, 3.8) is 0 Å². The normalized spacial score (nSPS) is 11.1. The lowest BCUT2D eigenvalue weighted by Gasteiger charge is -2.16. The topological polar surface area (TPSA) is 42.2 Å². The van der Waals surface area contributed by atoms with Gasteiger partial charge in [-0.1, -0.05) is 42.0 Å². The van der Waals surface area contributed by atoms with Gasteiger partial charge in [0.2, 0.25) is 11.8 Å². The maximum Gasteiger partial charge on any atom is 0.247 e. The summed E-state index contributed by atoms with van der Waals surface area (Å²) in [5, 5.41) is 8.28. The van der Waals surface area contributed by atoms with Crippen molar-refractivity contribution in [2.45, 2.75) is 26.9 Å². The quantitative estimate of drug-likeness (QED) is 0.715. The van der Waals surface area contributed by atoms with Crippen LogP contribution < -0.4 is 0 Å². The lowest BCUT2D eigenvalue weighted by Crippen LogP contribution is -2.18. The van der Waals surface area contributed by atoms with Crippen LogP contribution in [0, 0.1) is 13.8 Å². The molecule has 0 N–H and O–H groups in total. The lowest BCUT2D eigenvalue weighted by atomic mass is 10.1. The van der Waals surface area contributed by atoms with Crippen molar-refractivity contribution in [2.75, 3.05) is 7.05 Å². The van der Waals surface area contributed by atoms with Crippen molar-refractivity contribution < 1.29 is 4.42 Å². The molecule has 0 atom stereocenters. The Morgan fingerprint density at radius 3 is 2.48 bits per heavy atom. The van der Waals surface area contributed by atoms with Crippen molar-refractivity contribution in [2.24, 2.45) is 0 Å². The molecule has 0 spiro atoms. The molecule has 3 rings (SSSR count). The Bertz CT molecular complexity index is 780. The van der Waals surface area contributed by atoms with E-state index in [2.05, 4.69) is 54.2 Å². The molecule has 1 heterocycles. The predicted molar refractivity (Wildman–Crippen MR) is 90.8 cm³/mol. The molecule has 1 aromatic heterocycles. The molecule has 0 aliphatic heterocycles. The van der Waals surface area contributed by atoms with Gasteiger partial charge in [-0.15, -0.1) is 10.2 Å². The van der Waals surface area contributed by atoms with E-state index in [9.17, 15) is 0 Å². The SMILES string of the molecule is Cc1ccc(CN(C)Cc2nnc(-c3ccccc3)o2)c(C)c1. The molecule has 3 aromatic rings. The average molecular weight is 307 g/mol. The van der Waals surface area contributed by atoms with Gasteiger partial charge in [0.25, 0.3) is 0 Å². The average Bonchev–Trinajstić information content (AvgIpc) is 2.99. The van der Waals surface area contributed by atoms with Crippen LogP contribution in [-0.4, -0.2) is 22.1 Å². The van der Waals surface area contributed by atoms with Crippen molar-refractivity contribution in [1.82, 2.24) is 15.1 Å². The summed E-state index contributed by atoms with van der Waals surface area (Å²) < 4.78 is 5.76. The van der Waals surface area contributed by atoms with Crippen LogP contribution in [0.3, 0.4) is 0 Å². The summed E-state index contributed by atoms with van der Waals surface area (Å²) in [4.78, 5) is 2.18. The molecule has 118 valence electrons. The summed E-state index contributed by atoms with van der Waals surface area (Å²) in [6, 6.07) is 16.4. The van der Waals surface area contributed by atoms with Crippen LogP contribution >= 0.6 is 0 Å². The van der Waals surface area contributed by atoms with E-state index < -0.39 is 0 Å². The number of hydrogen-bond donors (Lipinski definition) is 0. The molecular weight excluding hydrogens is 286 g/mol. The van der Waals surface area contributed by atoms with Crippen LogP contribution in [0.25, 0.3) is 11.5 Å². The fourth-order valence-electron chi connectivity index (χ4n) is 2.62. The van der Waals surface area contributed by atoms with E-state index in [1.54, 1.807) is 0 Å². The smallest absolute Gasteiger partial charge is 0.247 e. The molecule has 0 fully saturated rings. The molecule has 0 unspecified atom stereocenters. The first-order valence-electron chi connectivity index (χ1n) is 7.74. The minimum absolute atomic E-state index is 0.570. The lowest BCUT2D eigenvalue weighted by molar-refractivity contribution is 0.282. The van der Waals surface area contributed by atoms with E-state index >= 15 is 0 Å². The van der Waals surface area contributed by atoms with Crippen LogP contribution in [0.4, 0.5) is 0 Å². The second-order valence-electron chi connectivity index (χ2n) is 5.97. The summed E-state index contributed by atoms with van der Waals surface area (Å²) in [5.41, 5.74) is 4.87. The minimum Gasteiger partial charge on any atom is -0.419 e. The fourth-order valence-corrected chi connectivity index (χ4v) is 2.62. The molecule has 0 aliphatic carbocycles. The van der Waals surface area contributed by atoms with Gasteiger partial charge in [-0.05, 0) is 44.2 Å². The molecule has 4 heteroatoms. The van der Waals surface area contributed by atoms with Gasteiger partial charge in [0.1, 0.15) is 0 Å². The van der Waals surface area contributed by atoms with Crippen LogP contribution in [-0.2, 0) is 13.1 Å². The molecule has 23 heavy (non-hydrogen) atoms. The summed E-state index contributed by atoms with van der Waals surface area (Å²) in [7, 11) is 2.06. The molecule has 2 aromatic carbocycles. The Kier molecular flexibility index (Phi) is 4.53. The molecule has 4 nitrogen and oxygen atoms in total. The van der Waals surface area contributed by atoms with Gasteiger partial charge in [-0.25, -0.2) is 0 Å². The first-order valence-corrected chi connectivity index (χ1v) is 7.74. The third-order valence-electron chi connectivity index (χ3n) is 3.83. The van der Waals surface area contributed by atoms with Crippen molar-refractivity contribution >= 4 is 0 Å². The molecular formula is C19H21N3O. The number of benzene rings is 2. The zero-order chi connectivity index (χ0) is 16.2. The summed E-state index contributed by atoms with van der Waals surface area (Å²) in [5.74, 6) is 1.21. The maximum absolute atomic E-state index is 5.76. The zero-order valence-corrected chi connectivity index (χ0v) is 13.8.